The summed E-state index contributed by atoms with van der Waals surface area (Å²) in [5.41, 5.74) is 2.29. The number of fused-ring (bicyclic) bond motifs is 1. The van der Waals surface area contributed by atoms with E-state index in [4.69, 9.17) is 4.98 Å². The molecular weight excluding hydrogens is 561 g/mol. The predicted molar refractivity (Wildman–Crippen MR) is 164 cm³/mol. The SMILES string of the molecule is O=C(CSc1nc2scc(-c3cccs3)c2c(=O)n1-c1ccccc1)Nc1ccccc1C(=O)NC1CCCC1. The fourth-order valence-corrected chi connectivity index (χ4v) is 7.54. The Morgan fingerprint density at radius 2 is 1.75 bits per heavy atom. The van der Waals surface area contributed by atoms with Crippen LogP contribution < -0.4 is 16.2 Å². The minimum Gasteiger partial charge on any atom is -0.349 e. The number of amides is 2. The molecule has 0 unspecified atom stereocenters. The van der Waals surface area contributed by atoms with Gasteiger partial charge in [0, 0.05) is 21.9 Å². The number of rotatable bonds is 8. The summed E-state index contributed by atoms with van der Waals surface area (Å²) < 4.78 is 1.58. The van der Waals surface area contributed by atoms with Crippen LogP contribution in [0.15, 0.2) is 87.4 Å². The minimum atomic E-state index is -0.287. The second-order valence-electron chi connectivity index (χ2n) is 9.51. The lowest BCUT2D eigenvalue weighted by atomic mass is 10.1. The van der Waals surface area contributed by atoms with E-state index in [2.05, 4.69) is 10.6 Å². The van der Waals surface area contributed by atoms with E-state index >= 15 is 0 Å². The molecular formula is C30H26N4O3S3. The standard InChI is InChI=1S/C30H26N4O3S3/c35-25(32-23-14-7-6-13-21(23)27(36)31-19-9-4-5-10-19)18-40-30-33-28-26(22(17-39-28)24-15-8-16-38-24)29(37)34(30)20-11-2-1-3-12-20/h1-3,6-8,11-17,19H,4-5,9-10,18H2,(H,31,36)(H,32,35). The lowest BCUT2D eigenvalue weighted by Crippen LogP contribution is -2.33. The number of anilines is 1. The molecule has 7 nitrogen and oxygen atoms in total. The molecule has 0 atom stereocenters. The molecule has 3 aromatic heterocycles. The van der Waals surface area contributed by atoms with Crippen molar-refractivity contribution in [3.05, 3.63) is 93.4 Å². The largest absolute Gasteiger partial charge is 0.349 e. The molecule has 3 heterocycles. The molecule has 1 aliphatic carbocycles. The van der Waals surface area contributed by atoms with Gasteiger partial charge in [-0.2, -0.15) is 0 Å². The molecule has 6 rings (SSSR count). The number of nitrogens with one attached hydrogen (secondary N) is 2. The van der Waals surface area contributed by atoms with Crippen molar-refractivity contribution in [1.82, 2.24) is 14.9 Å². The van der Waals surface area contributed by atoms with Gasteiger partial charge in [0.2, 0.25) is 5.91 Å². The van der Waals surface area contributed by atoms with Crippen LogP contribution in [0.25, 0.3) is 26.3 Å². The lowest BCUT2D eigenvalue weighted by molar-refractivity contribution is -0.113. The van der Waals surface area contributed by atoms with Crippen molar-refractivity contribution in [2.24, 2.45) is 0 Å². The highest BCUT2D eigenvalue weighted by molar-refractivity contribution is 7.99. The molecule has 5 aromatic rings. The van der Waals surface area contributed by atoms with E-state index in [0.29, 0.717) is 32.3 Å². The first-order chi connectivity index (χ1) is 19.6. The summed E-state index contributed by atoms with van der Waals surface area (Å²) in [5, 5.41) is 10.9. The van der Waals surface area contributed by atoms with Gasteiger partial charge in [0.15, 0.2) is 5.16 Å². The van der Waals surface area contributed by atoms with E-state index in [9.17, 15) is 14.4 Å². The molecule has 10 heteroatoms. The normalized spacial score (nSPS) is 13.5. The highest BCUT2D eigenvalue weighted by atomic mass is 32.2. The Morgan fingerprint density at radius 1 is 0.975 bits per heavy atom. The molecule has 0 bridgehead atoms. The van der Waals surface area contributed by atoms with Crippen molar-refractivity contribution in [2.45, 2.75) is 36.9 Å². The van der Waals surface area contributed by atoms with Gasteiger partial charge in [-0.05, 0) is 48.6 Å². The van der Waals surface area contributed by atoms with Gasteiger partial charge in [-0.1, -0.05) is 61.0 Å². The van der Waals surface area contributed by atoms with Gasteiger partial charge in [-0.25, -0.2) is 4.98 Å². The number of thiophene rings is 2. The maximum Gasteiger partial charge on any atom is 0.268 e. The van der Waals surface area contributed by atoms with E-state index in [1.165, 1.54) is 23.1 Å². The summed E-state index contributed by atoms with van der Waals surface area (Å²) >= 11 is 4.20. The first-order valence-corrected chi connectivity index (χ1v) is 15.8. The van der Waals surface area contributed by atoms with E-state index < -0.39 is 0 Å². The van der Waals surface area contributed by atoms with E-state index in [-0.39, 0.29) is 29.2 Å². The van der Waals surface area contributed by atoms with Crippen molar-refractivity contribution < 1.29 is 9.59 Å². The van der Waals surface area contributed by atoms with E-state index in [0.717, 1.165) is 36.1 Å². The van der Waals surface area contributed by atoms with Gasteiger partial charge in [-0.15, -0.1) is 22.7 Å². The van der Waals surface area contributed by atoms with Gasteiger partial charge < -0.3 is 10.6 Å². The molecule has 0 aliphatic heterocycles. The summed E-state index contributed by atoms with van der Waals surface area (Å²) in [6, 6.07) is 20.5. The summed E-state index contributed by atoms with van der Waals surface area (Å²) in [5.74, 6) is -0.447. The van der Waals surface area contributed by atoms with Crippen LogP contribution in [0, 0.1) is 0 Å². The molecule has 0 saturated heterocycles. The minimum absolute atomic E-state index is 0.0204. The Balaban J connectivity index is 1.26. The quantitative estimate of drug-likeness (QED) is 0.158. The molecule has 2 N–H and O–H groups in total. The van der Waals surface area contributed by atoms with Crippen LogP contribution in [-0.4, -0.2) is 33.2 Å². The highest BCUT2D eigenvalue weighted by Crippen LogP contribution is 2.35. The molecule has 0 radical (unpaired) electrons. The molecule has 1 aliphatic rings. The van der Waals surface area contributed by atoms with Gasteiger partial charge in [0.1, 0.15) is 4.83 Å². The first kappa shape index (κ1) is 26.5. The number of thioether (sulfide) groups is 1. The smallest absolute Gasteiger partial charge is 0.268 e. The summed E-state index contributed by atoms with van der Waals surface area (Å²) in [7, 11) is 0. The molecule has 2 aromatic carbocycles. The summed E-state index contributed by atoms with van der Waals surface area (Å²) in [6.07, 6.45) is 4.21. The lowest BCUT2D eigenvalue weighted by Gasteiger charge is -2.15. The second-order valence-corrected chi connectivity index (χ2v) is 12.3. The maximum atomic E-state index is 13.9. The fraction of sp³-hybridized carbons (Fsp3) is 0.200. The van der Waals surface area contributed by atoms with Crippen molar-refractivity contribution in [2.75, 3.05) is 11.1 Å². The zero-order valence-electron chi connectivity index (χ0n) is 21.5. The Kier molecular flexibility index (Phi) is 7.81. The predicted octanol–water partition coefficient (Wildman–Crippen LogP) is 6.58. The molecule has 2 amide bonds. The molecule has 202 valence electrons. The van der Waals surface area contributed by atoms with Gasteiger partial charge >= 0.3 is 0 Å². The van der Waals surface area contributed by atoms with Crippen LogP contribution in [0.1, 0.15) is 36.0 Å². The van der Waals surface area contributed by atoms with E-state index in [1.54, 1.807) is 40.2 Å². The topological polar surface area (TPSA) is 93.1 Å². The monoisotopic (exact) mass is 586 g/mol. The summed E-state index contributed by atoms with van der Waals surface area (Å²) in [4.78, 5) is 46.4. The molecule has 1 saturated carbocycles. The third-order valence-electron chi connectivity index (χ3n) is 6.85. The number of hydrogen-bond donors (Lipinski definition) is 2. The van der Waals surface area contributed by atoms with Crippen molar-refractivity contribution >= 4 is 62.2 Å². The van der Waals surface area contributed by atoms with Crippen molar-refractivity contribution in [1.29, 1.82) is 0 Å². The third-order valence-corrected chi connectivity index (χ3v) is 9.56. The average molecular weight is 587 g/mol. The third kappa shape index (κ3) is 5.47. The Bertz CT molecular complexity index is 1720. The van der Waals surface area contributed by atoms with Crippen LogP contribution in [0.4, 0.5) is 5.69 Å². The maximum absolute atomic E-state index is 13.9. The van der Waals surface area contributed by atoms with E-state index in [1.807, 2.05) is 53.2 Å². The van der Waals surface area contributed by atoms with Gasteiger partial charge in [0.05, 0.1) is 28.1 Å². The zero-order chi connectivity index (χ0) is 27.5. The van der Waals surface area contributed by atoms with Crippen LogP contribution in [0.5, 0.6) is 0 Å². The average Bonchev–Trinajstić information content (AvgIpc) is 3.75. The second kappa shape index (κ2) is 11.8. The molecule has 40 heavy (non-hydrogen) atoms. The number of para-hydroxylation sites is 2. The number of benzene rings is 2. The zero-order valence-corrected chi connectivity index (χ0v) is 23.9. The number of carbonyl (C=O) groups excluding carboxylic acids is 2. The van der Waals surface area contributed by atoms with Gasteiger partial charge in [0.25, 0.3) is 11.5 Å². The fourth-order valence-electron chi connectivity index (χ4n) is 4.93. The Labute approximate surface area is 243 Å². The number of carbonyl (C=O) groups is 2. The molecule has 0 spiro atoms. The van der Waals surface area contributed by atoms with Crippen LogP contribution >= 0.6 is 34.4 Å². The first-order valence-electron chi connectivity index (χ1n) is 13.0. The van der Waals surface area contributed by atoms with Crippen LogP contribution in [0.3, 0.4) is 0 Å². The van der Waals surface area contributed by atoms with Crippen LogP contribution in [-0.2, 0) is 4.79 Å². The number of hydrogen-bond acceptors (Lipinski definition) is 7. The Morgan fingerprint density at radius 3 is 2.52 bits per heavy atom. The number of aromatic nitrogens is 2. The van der Waals surface area contributed by atoms with Crippen molar-refractivity contribution in [3.63, 3.8) is 0 Å². The number of nitrogens with zero attached hydrogens (tertiary/aromatic N) is 2. The van der Waals surface area contributed by atoms with Gasteiger partial charge in [-0.3, -0.25) is 19.0 Å². The molecule has 1 fully saturated rings. The van der Waals surface area contributed by atoms with Crippen molar-refractivity contribution in [3.8, 4) is 16.1 Å². The highest BCUT2D eigenvalue weighted by Gasteiger charge is 2.22. The Hall–Kier alpha value is -3.73. The summed E-state index contributed by atoms with van der Waals surface area (Å²) in [6.45, 7) is 0. The van der Waals surface area contributed by atoms with Crippen LogP contribution in [0.2, 0.25) is 0 Å².